The summed E-state index contributed by atoms with van der Waals surface area (Å²) in [4.78, 5) is 2.35. The summed E-state index contributed by atoms with van der Waals surface area (Å²) in [7, 11) is 4.83. The number of hydrogen-bond donors (Lipinski definition) is 1. The van der Waals surface area contributed by atoms with E-state index in [1.165, 1.54) is 16.7 Å². The molecule has 2 heterocycles. The van der Waals surface area contributed by atoms with E-state index in [4.69, 9.17) is 14.6 Å². The number of methoxy groups -OCH3 is 3. The second-order valence-corrected chi connectivity index (χ2v) is 8.24. The normalized spacial score (nSPS) is 12.7. The van der Waals surface area contributed by atoms with Crippen LogP contribution >= 0.6 is 0 Å². The van der Waals surface area contributed by atoms with Crippen molar-refractivity contribution in [3.8, 4) is 11.5 Å². The SMILES string of the molecule is C=C/C=C\C(C)=C/C.COCCO.COc1cc2nncc(N3CCc4ccccc4C3)c2cc1OC. The van der Waals surface area contributed by atoms with Gasteiger partial charge in [0, 0.05) is 31.7 Å². The lowest BCUT2D eigenvalue weighted by atomic mass is 9.99. The van der Waals surface area contributed by atoms with Crippen molar-refractivity contribution >= 4 is 16.6 Å². The first kappa shape index (κ1) is 29.5. The molecular weight excluding hydrogens is 466 g/mol. The van der Waals surface area contributed by atoms with Crippen LogP contribution in [0.3, 0.4) is 0 Å². The fourth-order valence-electron chi connectivity index (χ4n) is 3.73. The van der Waals surface area contributed by atoms with Crippen molar-refractivity contribution in [3.63, 3.8) is 0 Å². The fourth-order valence-corrected chi connectivity index (χ4v) is 3.73. The molecule has 3 aromatic rings. The van der Waals surface area contributed by atoms with Crippen molar-refractivity contribution in [3.05, 3.63) is 90.2 Å². The minimum Gasteiger partial charge on any atom is -0.493 e. The Bertz CT molecular complexity index is 1190. The molecule has 4 rings (SSSR count). The molecule has 198 valence electrons. The van der Waals surface area contributed by atoms with Gasteiger partial charge < -0.3 is 24.2 Å². The summed E-state index contributed by atoms with van der Waals surface area (Å²) in [6, 6.07) is 12.5. The van der Waals surface area contributed by atoms with E-state index >= 15 is 0 Å². The zero-order valence-electron chi connectivity index (χ0n) is 22.6. The van der Waals surface area contributed by atoms with E-state index in [1.807, 2.05) is 37.4 Å². The molecule has 0 radical (unpaired) electrons. The second-order valence-electron chi connectivity index (χ2n) is 8.24. The van der Waals surface area contributed by atoms with Crippen molar-refractivity contribution in [1.29, 1.82) is 0 Å². The molecular formula is C30H39N3O4. The molecule has 7 heteroatoms. The Morgan fingerprint density at radius 1 is 1.11 bits per heavy atom. The van der Waals surface area contributed by atoms with E-state index in [9.17, 15) is 0 Å². The summed E-state index contributed by atoms with van der Waals surface area (Å²) in [5.41, 5.74) is 5.96. The first-order valence-electron chi connectivity index (χ1n) is 12.2. The number of hydrogen-bond acceptors (Lipinski definition) is 7. The zero-order valence-corrected chi connectivity index (χ0v) is 22.6. The predicted molar refractivity (Wildman–Crippen MR) is 152 cm³/mol. The topological polar surface area (TPSA) is 76.9 Å². The van der Waals surface area contributed by atoms with Gasteiger partial charge in [-0.05, 0) is 37.5 Å². The molecule has 1 aliphatic heterocycles. The van der Waals surface area contributed by atoms with Crippen LogP contribution in [0.5, 0.6) is 11.5 Å². The van der Waals surface area contributed by atoms with Crippen LogP contribution in [0, 0.1) is 0 Å². The molecule has 0 unspecified atom stereocenters. The average Bonchev–Trinajstić information content (AvgIpc) is 2.95. The molecule has 1 aromatic heterocycles. The monoisotopic (exact) mass is 505 g/mol. The minimum atomic E-state index is 0.122. The number of ether oxygens (including phenoxy) is 3. The molecule has 2 aromatic carbocycles. The number of aliphatic hydroxyl groups excluding tert-OH is 1. The van der Waals surface area contributed by atoms with Crippen molar-refractivity contribution in [1.82, 2.24) is 10.2 Å². The Morgan fingerprint density at radius 3 is 2.41 bits per heavy atom. The van der Waals surface area contributed by atoms with Crippen LogP contribution < -0.4 is 14.4 Å². The molecule has 0 aliphatic carbocycles. The van der Waals surface area contributed by atoms with Crippen LogP contribution in [0.4, 0.5) is 5.69 Å². The molecule has 0 saturated carbocycles. The van der Waals surface area contributed by atoms with Gasteiger partial charge in [-0.15, -0.1) is 0 Å². The maximum atomic E-state index is 7.94. The average molecular weight is 506 g/mol. The van der Waals surface area contributed by atoms with Crippen molar-refractivity contribution in [2.24, 2.45) is 0 Å². The van der Waals surface area contributed by atoms with Crippen molar-refractivity contribution in [2.45, 2.75) is 26.8 Å². The molecule has 1 N–H and O–H groups in total. The van der Waals surface area contributed by atoms with Crippen LogP contribution in [0.2, 0.25) is 0 Å². The van der Waals surface area contributed by atoms with Gasteiger partial charge >= 0.3 is 0 Å². The highest BCUT2D eigenvalue weighted by Gasteiger charge is 2.19. The Kier molecular flexibility index (Phi) is 12.9. The second kappa shape index (κ2) is 16.1. The Labute approximate surface area is 220 Å². The van der Waals surface area contributed by atoms with Gasteiger partial charge in [-0.25, -0.2) is 0 Å². The standard InChI is InChI=1S/C19H19N3O2.C8H12.C3H8O2/c1-23-18-9-15-16(10-19(18)24-2)21-20-11-17(15)22-8-7-13-5-3-4-6-14(13)12-22;1-4-6-7-8(3)5-2;1-5-3-2-4/h3-6,9-11H,7-8,12H2,1-2H3;4-7H,1H2,2-3H3;4H,2-3H2,1H3/b;7-6-,8-5-;. The summed E-state index contributed by atoms with van der Waals surface area (Å²) in [6.07, 6.45) is 10.6. The molecule has 0 saturated heterocycles. The third-order valence-corrected chi connectivity index (χ3v) is 5.84. The summed E-state index contributed by atoms with van der Waals surface area (Å²) in [6.45, 7) is 10.0. The van der Waals surface area contributed by atoms with Gasteiger partial charge in [0.1, 0.15) is 0 Å². The Balaban J connectivity index is 0.000000309. The molecule has 0 atom stereocenters. The smallest absolute Gasteiger partial charge is 0.162 e. The molecule has 1 aliphatic rings. The van der Waals surface area contributed by atoms with Crippen LogP contribution in [-0.2, 0) is 17.7 Å². The van der Waals surface area contributed by atoms with Crippen molar-refractivity contribution in [2.75, 3.05) is 46.0 Å². The highest BCUT2D eigenvalue weighted by Crippen LogP contribution is 2.36. The predicted octanol–water partition coefficient (Wildman–Crippen LogP) is 5.53. The summed E-state index contributed by atoms with van der Waals surface area (Å²) in [5.74, 6) is 1.37. The minimum absolute atomic E-state index is 0.122. The lowest BCUT2D eigenvalue weighted by molar-refractivity contribution is 0.135. The van der Waals surface area contributed by atoms with E-state index < -0.39 is 0 Å². The van der Waals surface area contributed by atoms with Gasteiger partial charge in [-0.2, -0.15) is 10.2 Å². The molecule has 37 heavy (non-hydrogen) atoms. The highest BCUT2D eigenvalue weighted by molar-refractivity contribution is 5.93. The van der Waals surface area contributed by atoms with E-state index in [2.05, 4.69) is 63.7 Å². The Hall–Kier alpha value is -3.68. The number of nitrogens with zero attached hydrogens (tertiary/aromatic N) is 3. The van der Waals surface area contributed by atoms with Gasteiger partial charge in [0.25, 0.3) is 0 Å². The first-order chi connectivity index (χ1) is 18.0. The van der Waals surface area contributed by atoms with Crippen LogP contribution in [-0.4, -0.2) is 56.4 Å². The first-order valence-corrected chi connectivity index (χ1v) is 12.2. The maximum Gasteiger partial charge on any atom is 0.162 e. The summed E-state index contributed by atoms with van der Waals surface area (Å²) in [5, 5.41) is 17.4. The van der Waals surface area contributed by atoms with E-state index in [1.54, 1.807) is 27.4 Å². The third-order valence-electron chi connectivity index (χ3n) is 5.84. The number of aliphatic hydroxyl groups is 1. The molecule has 0 spiro atoms. The summed E-state index contributed by atoms with van der Waals surface area (Å²) >= 11 is 0. The van der Waals surface area contributed by atoms with Crippen LogP contribution in [0.15, 0.2) is 79.1 Å². The quantitative estimate of drug-likeness (QED) is 0.423. The lowest BCUT2D eigenvalue weighted by Gasteiger charge is -2.31. The Morgan fingerprint density at radius 2 is 1.81 bits per heavy atom. The van der Waals surface area contributed by atoms with Gasteiger partial charge in [-0.3, -0.25) is 0 Å². The number of benzene rings is 2. The van der Waals surface area contributed by atoms with Gasteiger partial charge in [0.15, 0.2) is 11.5 Å². The van der Waals surface area contributed by atoms with E-state index in [0.29, 0.717) is 18.1 Å². The number of anilines is 1. The fraction of sp³-hybridized carbons (Fsp3) is 0.333. The van der Waals surface area contributed by atoms with Crippen LogP contribution in [0.25, 0.3) is 10.9 Å². The van der Waals surface area contributed by atoms with Gasteiger partial charge in [0.05, 0.1) is 44.8 Å². The zero-order chi connectivity index (χ0) is 27.0. The number of rotatable bonds is 7. The number of fused-ring (bicyclic) bond motifs is 2. The van der Waals surface area contributed by atoms with Crippen molar-refractivity contribution < 1.29 is 19.3 Å². The number of allylic oxidation sites excluding steroid dienone is 5. The molecule has 0 fully saturated rings. The molecule has 0 bridgehead atoms. The van der Waals surface area contributed by atoms with Crippen LogP contribution in [0.1, 0.15) is 25.0 Å². The maximum absolute atomic E-state index is 7.94. The number of aromatic nitrogens is 2. The van der Waals surface area contributed by atoms with E-state index in [0.717, 1.165) is 36.1 Å². The highest BCUT2D eigenvalue weighted by atomic mass is 16.5. The summed E-state index contributed by atoms with van der Waals surface area (Å²) < 4.78 is 15.3. The molecule has 7 nitrogen and oxygen atoms in total. The third kappa shape index (κ3) is 8.74. The lowest BCUT2D eigenvalue weighted by Crippen LogP contribution is -2.30. The molecule has 0 amide bonds. The van der Waals surface area contributed by atoms with E-state index in [-0.39, 0.29) is 6.61 Å². The van der Waals surface area contributed by atoms with Gasteiger partial charge in [-0.1, -0.05) is 60.7 Å². The largest absolute Gasteiger partial charge is 0.493 e. The van der Waals surface area contributed by atoms with Gasteiger partial charge in [0.2, 0.25) is 0 Å².